The molecule has 0 saturated carbocycles. The summed E-state index contributed by atoms with van der Waals surface area (Å²) >= 11 is 0. The van der Waals surface area contributed by atoms with Gasteiger partial charge in [0.05, 0.1) is 31.5 Å². The summed E-state index contributed by atoms with van der Waals surface area (Å²) in [6.07, 6.45) is 4.26. The maximum Gasteiger partial charge on any atom is 0.347 e. The Morgan fingerprint density at radius 1 is 0.973 bits per heavy atom. The minimum absolute atomic E-state index is 0.00783. The van der Waals surface area contributed by atoms with Gasteiger partial charge in [-0.25, -0.2) is 4.79 Å². The first kappa shape index (κ1) is 28.0. The summed E-state index contributed by atoms with van der Waals surface area (Å²) in [6, 6.07) is 6.82. The van der Waals surface area contributed by atoms with Crippen LogP contribution in [0.3, 0.4) is 0 Å². The highest BCUT2D eigenvalue weighted by Gasteiger charge is 2.28. The third-order valence-electron chi connectivity index (χ3n) is 6.37. The van der Waals surface area contributed by atoms with Gasteiger partial charge in [0.15, 0.2) is 17.7 Å². The van der Waals surface area contributed by atoms with Gasteiger partial charge in [0.25, 0.3) is 0 Å². The molecule has 37 heavy (non-hydrogen) atoms. The quantitative estimate of drug-likeness (QED) is 0.220. The van der Waals surface area contributed by atoms with Crippen molar-refractivity contribution in [1.82, 2.24) is 0 Å². The number of aromatic hydroxyl groups is 1. The zero-order valence-corrected chi connectivity index (χ0v) is 22.1. The summed E-state index contributed by atoms with van der Waals surface area (Å²) in [5.74, 6) is 0.902. The second kappa shape index (κ2) is 13.1. The van der Waals surface area contributed by atoms with Crippen molar-refractivity contribution in [3.8, 4) is 23.0 Å². The van der Waals surface area contributed by atoms with Crippen molar-refractivity contribution in [2.24, 2.45) is 0 Å². The van der Waals surface area contributed by atoms with Gasteiger partial charge in [0.1, 0.15) is 23.0 Å². The number of benzene rings is 2. The summed E-state index contributed by atoms with van der Waals surface area (Å²) in [5.41, 5.74) is 2.35. The molecule has 3 rings (SSSR count). The van der Waals surface area contributed by atoms with Gasteiger partial charge < -0.3 is 24.1 Å². The number of phenolic OH excluding ortho intramolecular Hbond substituents is 1. The third-order valence-corrected chi connectivity index (χ3v) is 6.37. The molecule has 0 amide bonds. The lowest BCUT2D eigenvalue weighted by molar-refractivity contribution is -0.149. The van der Waals surface area contributed by atoms with Gasteiger partial charge in [-0.2, -0.15) is 0 Å². The van der Waals surface area contributed by atoms with Crippen molar-refractivity contribution in [3.63, 3.8) is 0 Å². The molecule has 200 valence electrons. The number of unbranched alkanes of at least 4 members (excludes halogenated alkanes) is 2. The van der Waals surface area contributed by atoms with E-state index in [-0.39, 0.29) is 17.3 Å². The van der Waals surface area contributed by atoms with Crippen LogP contribution in [0.25, 0.3) is 0 Å². The van der Waals surface area contributed by atoms with E-state index in [0.29, 0.717) is 66.4 Å². The third kappa shape index (κ3) is 7.02. The maximum atomic E-state index is 12.2. The first-order valence-electron chi connectivity index (χ1n) is 12.8. The van der Waals surface area contributed by atoms with Gasteiger partial charge in [-0.3, -0.25) is 9.59 Å². The highest BCUT2D eigenvalue weighted by Crippen LogP contribution is 2.35. The van der Waals surface area contributed by atoms with E-state index in [1.165, 1.54) is 21.0 Å². The SMILES string of the molecule is CCCc1c(OCCCCCOc2cc3c(cc2C(C)=O)CCC(C(=O)OC)O3)ccc(C(C)=O)c1O. The second-order valence-electron chi connectivity index (χ2n) is 9.18. The predicted molar refractivity (Wildman–Crippen MR) is 138 cm³/mol. The molecular formula is C29H36O8. The number of carbonyl (C=O) groups excluding carboxylic acids is 3. The van der Waals surface area contributed by atoms with Crippen LogP contribution in [0.2, 0.25) is 0 Å². The fraction of sp³-hybridized carbons (Fsp3) is 0.483. The summed E-state index contributed by atoms with van der Waals surface area (Å²) in [4.78, 5) is 35.8. The number of aryl methyl sites for hydroxylation is 1. The molecule has 0 radical (unpaired) electrons. The molecular weight excluding hydrogens is 476 g/mol. The summed E-state index contributed by atoms with van der Waals surface area (Å²) in [6.45, 7) is 5.82. The van der Waals surface area contributed by atoms with Gasteiger partial charge in [0.2, 0.25) is 0 Å². The summed E-state index contributed by atoms with van der Waals surface area (Å²) in [7, 11) is 1.33. The molecule has 0 saturated heterocycles. The molecule has 8 heteroatoms. The first-order chi connectivity index (χ1) is 17.8. The molecule has 0 fully saturated rings. The molecule has 0 spiro atoms. The molecule has 8 nitrogen and oxygen atoms in total. The number of Topliss-reactive ketones (excluding diaryl/α,β-unsaturated/α-hetero) is 2. The maximum absolute atomic E-state index is 12.2. The van der Waals surface area contributed by atoms with E-state index in [0.717, 1.165) is 31.2 Å². The fourth-order valence-electron chi connectivity index (χ4n) is 4.38. The number of rotatable bonds is 13. The fourth-order valence-corrected chi connectivity index (χ4v) is 4.38. The molecule has 2 aromatic carbocycles. The molecule has 1 N–H and O–H groups in total. The number of ether oxygens (including phenoxy) is 4. The Hall–Kier alpha value is -3.55. The molecule has 1 aliphatic rings. The Balaban J connectivity index is 1.52. The number of hydrogen-bond donors (Lipinski definition) is 1. The topological polar surface area (TPSA) is 108 Å². The number of fused-ring (bicyclic) bond motifs is 1. The second-order valence-corrected chi connectivity index (χ2v) is 9.18. The van der Waals surface area contributed by atoms with Crippen molar-refractivity contribution in [1.29, 1.82) is 0 Å². The van der Waals surface area contributed by atoms with E-state index in [9.17, 15) is 19.5 Å². The van der Waals surface area contributed by atoms with Crippen molar-refractivity contribution < 1.29 is 38.4 Å². The monoisotopic (exact) mass is 512 g/mol. The normalized spacial score (nSPS) is 14.3. The van der Waals surface area contributed by atoms with Crippen LogP contribution in [0.15, 0.2) is 24.3 Å². The molecule has 1 atom stereocenters. The minimum Gasteiger partial charge on any atom is -0.507 e. The highest BCUT2D eigenvalue weighted by atomic mass is 16.6. The Morgan fingerprint density at radius 2 is 1.65 bits per heavy atom. The van der Waals surface area contributed by atoms with E-state index in [1.807, 2.05) is 6.92 Å². The van der Waals surface area contributed by atoms with Crippen LogP contribution in [0.5, 0.6) is 23.0 Å². The molecule has 2 aromatic rings. The largest absolute Gasteiger partial charge is 0.507 e. The number of methoxy groups -OCH3 is 1. The summed E-state index contributed by atoms with van der Waals surface area (Å²) in [5, 5.41) is 10.5. The van der Waals surface area contributed by atoms with Gasteiger partial charge in [-0.1, -0.05) is 13.3 Å². The van der Waals surface area contributed by atoms with E-state index < -0.39 is 12.1 Å². The van der Waals surface area contributed by atoms with Gasteiger partial charge in [-0.05, 0) is 76.1 Å². The molecule has 0 aromatic heterocycles. The van der Waals surface area contributed by atoms with Crippen molar-refractivity contribution in [3.05, 3.63) is 46.5 Å². The average molecular weight is 513 g/mol. The van der Waals surface area contributed by atoms with Crippen LogP contribution in [0.1, 0.15) is 84.7 Å². The molecule has 1 unspecified atom stereocenters. The van der Waals surface area contributed by atoms with E-state index in [1.54, 1.807) is 24.3 Å². The Bertz CT molecular complexity index is 1140. The summed E-state index contributed by atoms with van der Waals surface area (Å²) < 4.78 is 22.4. The van der Waals surface area contributed by atoms with Crippen LogP contribution in [-0.2, 0) is 22.4 Å². The molecule has 1 heterocycles. The highest BCUT2D eigenvalue weighted by molar-refractivity contribution is 5.98. The van der Waals surface area contributed by atoms with Crippen LogP contribution >= 0.6 is 0 Å². The van der Waals surface area contributed by atoms with E-state index in [4.69, 9.17) is 18.9 Å². The van der Waals surface area contributed by atoms with E-state index in [2.05, 4.69) is 0 Å². The zero-order valence-electron chi connectivity index (χ0n) is 22.1. The average Bonchev–Trinajstić information content (AvgIpc) is 2.88. The van der Waals surface area contributed by atoms with Crippen LogP contribution in [-0.4, -0.2) is 49.1 Å². The standard InChI is InChI=1S/C29H36O8/c1-5-9-22-24(13-11-21(18(2)30)28(22)32)35-14-7-6-8-15-36-27-17-26-20(16-23(27)19(3)31)10-12-25(37-26)29(33)34-4/h11,13,16-17,25,32H,5-10,12,14-15H2,1-4H3. The lowest BCUT2D eigenvalue weighted by Crippen LogP contribution is -2.32. The molecule has 1 aliphatic heterocycles. The van der Waals surface area contributed by atoms with Gasteiger partial charge in [0, 0.05) is 11.6 Å². The minimum atomic E-state index is -0.660. The zero-order chi connectivity index (χ0) is 26.9. The number of esters is 1. The smallest absolute Gasteiger partial charge is 0.347 e. The first-order valence-corrected chi connectivity index (χ1v) is 12.8. The van der Waals surface area contributed by atoms with Crippen LogP contribution < -0.4 is 14.2 Å². The van der Waals surface area contributed by atoms with Crippen molar-refractivity contribution in [2.75, 3.05) is 20.3 Å². The van der Waals surface area contributed by atoms with Crippen LogP contribution in [0.4, 0.5) is 0 Å². The van der Waals surface area contributed by atoms with Gasteiger partial charge in [-0.15, -0.1) is 0 Å². The van der Waals surface area contributed by atoms with Crippen molar-refractivity contribution >= 4 is 17.5 Å². The lowest BCUT2D eigenvalue weighted by Gasteiger charge is -2.25. The van der Waals surface area contributed by atoms with Crippen LogP contribution in [0, 0.1) is 0 Å². The number of ketones is 2. The Morgan fingerprint density at radius 3 is 2.27 bits per heavy atom. The Labute approximate surface area is 217 Å². The number of hydrogen-bond acceptors (Lipinski definition) is 8. The molecule has 0 aliphatic carbocycles. The lowest BCUT2D eigenvalue weighted by atomic mass is 9.98. The van der Waals surface area contributed by atoms with Crippen molar-refractivity contribution in [2.45, 2.75) is 71.8 Å². The van der Waals surface area contributed by atoms with Gasteiger partial charge >= 0.3 is 5.97 Å². The van der Waals surface area contributed by atoms with E-state index >= 15 is 0 Å². The predicted octanol–water partition coefficient (Wildman–Crippen LogP) is 5.24. The number of phenols is 1. The number of carbonyl (C=O) groups is 3. The Kier molecular flexibility index (Phi) is 9.94. The molecule has 0 bridgehead atoms.